The fourth-order valence-electron chi connectivity index (χ4n) is 1.69. The van der Waals surface area contributed by atoms with Gasteiger partial charge in [0.1, 0.15) is 0 Å². The Morgan fingerprint density at radius 1 is 0.842 bits per heavy atom. The fraction of sp³-hybridized carbons (Fsp3) is 0.0769. The molecule has 0 atom stereocenters. The van der Waals surface area contributed by atoms with Gasteiger partial charge in [0.25, 0.3) is 0 Å². The Balaban J connectivity index is 2.67. The average molecular weight is 326 g/mol. The van der Waals surface area contributed by atoms with Crippen LogP contribution in [0.3, 0.4) is 0 Å². The Morgan fingerprint density at radius 3 is 1.89 bits per heavy atom. The smallest absolute Gasteiger partial charge is 0.166 e. The molecule has 0 radical (unpaired) electrons. The quantitative estimate of drug-likeness (QED) is 0.537. The zero-order valence-corrected chi connectivity index (χ0v) is 11.5. The third kappa shape index (κ3) is 2.99. The third-order valence-corrected chi connectivity index (χ3v) is 3.72. The molecule has 100 valence electrons. The van der Waals surface area contributed by atoms with Crippen LogP contribution in [0, 0.1) is 0 Å². The number of alkyl halides is 3. The summed E-state index contributed by atoms with van der Waals surface area (Å²) in [5, 5.41) is 0.346. The molecule has 0 fully saturated rings. The number of benzene rings is 2. The number of hydrogen-bond donors (Lipinski definition) is 0. The number of rotatable bonds is 1. The van der Waals surface area contributed by atoms with Crippen molar-refractivity contribution in [3.05, 3.63) is 57.0 Å². The maximum Gasteiger partial charge on any atom is 0.417 e. The first-order valence-corrected chi connectivity index (χ1v) is 6.25. The average Bonchev–Trinajstić information content (AvgIpc) is 2.34. The van der Waals surface area contributed by atoms with Gasteiger partial charge < -0.3 is 0 Å². The zero-order chi connectivity index (χ0) is 14.2. The molecule has 0 saturated heterocycles. The lowest BCUT2D eigenvalue weighted by Gasteiger charge is -2.13. The van der Waals surface area contributed by atoms with E-state index in [1.165, 1.54) is 30.3 Å². The van der Waals surface area contributed by atoms with Crippen LogP contribution >= 0.6 is 34.8 Å². The van der Waals surface area contributed by atoms with E-state index in [0.717, 1.165) is 6.07 Å². The van der Waals surface area contributed by atoms with Crippen LogP contribution in [0.15, 0.2) is 36.4 Å². The summed E-state index contributed by atoms with van der Waals surface area (Å²) in [4.78, 5) is 0. The molecular formula is C13H6Cl3F3. The molecule has 0 heterocycles. The van der Waals surface area contributed by atoms with Gasteiger partial charge in [0.2, 0.25) is 0 Å². The molecule has 2 aromatic carbocycles. The van der Waals surface area contributed by atoms with Gasteiger partial charge in [-0.2, -0.15) is 13.2 Å². The van der Waals surface area contributed by atoms with Crippen molar-refractivity contribution >= 4 is 34.8 Å². The molecule has 6 heteroatoms. The second kappa shape index (κ2) is 5.23. The molecule has 0 spiro atoms. The summed E-state index contributed by atoms with van der Waals surface area (Å²) in [5.74, 6) is 0. The topological polar surface area (TPSA) is 0 Å². The van der Waals surface area contributed by atoms with Gasteiger partial charge in [-0.15, -0.1) is 0 Å². The monoisotopic (exact) mass is 324 g/mol. The van der Waals surface area contributed by atoms with Crippen molar-refractivity contribution in [3.8, 4) is 11.1 Å². The SMILES string of the molecule is FC(F)(F)c1ccccc1-c1cc(Cl)c(Cl)c(Cl)c1. The summed E-state index contributed by atoms with van der Waals surface area (Å²) >= 11 is 17.5. The van der Waals surface area contributed by atoms with E-state index in [2.05, 4.69) is 0 Å². The summed E-state index contributed by atoms with van der Waals surface area (Å²) in [6.45, 7) is 0. The first kappa shape index (κ1) is 14.5. The van der Waals surface area contributed by atoms with Crippen LogP contribution in [0.5, 0.6) is 0 Å². The Hall–Kier alpha value is -0.900. The lowest BCUT2D eigenvalue weighted by atomic mass is 9.99. The second-order valence-corrected chi connectivity index (χ2v) is 4.99. The Morgan fingerprint density at radius 2 is 1.37 bits per heavy atom. The minimum atomic E-state index is -4.45. The molecule has 0 nitrogen and oxygen atoms in total. The lowest BCUT2D eigenvalue weighted by molar-refractivity contribution is -0.137. The van der Waals surface area contributed by atoms with Crippen molar-refractivity contribution < 1.29 is 13.2 Å². The zero-order valence-electron chi connectivity index (χ0n) is 9.23. The van der Waals surface area contributed by atoms with Crippen molar-refractivity contribution in [2.24, 2.45) is 0 Å². The largest absolute Gasteiger partial charge is 0.417 e. The number of hydrogen-bond acceptors (Lipinski definition) is 0. The molecule has 0 aliphatic rings. The second-order valence-electron chi connectivity index (χ2n) is 3.80. The van der Waals surface area contributed by atoms with Crippen LogP contribution in [0.2, 0.25) is 15.1 Å². The minimum Gasteiger partial charge on any atom is -0.166 e. The minimum absolute atomic E-state index is 0.00969. The third-order valence-electron chi connectivity index (χ3n) is 2.53. The Kier molecular flexibility index (Phi) is 4.00. The van der Waals surface area contributed by atoms with E-state index in [0.29, 0.717) is 0 Å². The van der Waals surface area contributed by atoms with Crippen molar-refractivity contribution in [2.45, 2.75) is 6.18 Å². The molecule has 0 aliphatic carbocycles. The van der Waals surface area contributed by atoms with Gasteiger partial charge in [-0.25, -0.2) is 0 Å². The van der Waals surface area contributed by atoms with Crippen LogP contribution in [-0.4, -0.2) is 0 Å². The van der Waals surface area contributed by atoms with Crippen molar-refractivity contribution in [1.82, 2.24) is 0 Å². The van der Waals surface area contributed by atoms with E-state index >= 15 is 0 Å². The van der Waals surface area contributed by atoms with Gasteiger partial charge in [-0.3, -0.25) is 0 Å². The van der Waals surface area contributed by atoms with Crippen LogP contribution < -0.4 is 0 Å². The molecule has 0 N–H and O–H groups in total. The lowest BCUT2D eigenvalue weighted by Crippen LogP contribution is -2.06. The molecule has 0 unspecified atom stereocenters. The van der Waals surface area contributed by atoms with Crippen LogP contribution in [0.1, 0.15) is 5.56 Å². The predicted octanol–water partition coefficient (Wildman–Crippen LogP) is 6.33. The van der Waals surface area contributed by atoms with Crippen LogP contribution in [-0.2, 0) is 6.18 Å². The summed E-state index contributed by atoms with van der Waals surface area (Å²) in [7, 11) is 0. The van der Waals surface area contributed by atoms with Crippen LogP contribution in [0.4, 0.5) is 13.2 Å². The van der Waals surface area contributed by atoms with Gasteiger partial charge in [0.15, 0.2) is 0 Å². The summed E-state index contributed by atoms with van der Waals surface area (Å²) in [5.41, 5.74) is -0.466. The van der Waals surface area contributed by atoms with Crippen molar-refractivity contribution in [1.29, 1.82) is 0 Å². The maximum atomic E-state index is 12.9. The Labute approximate surface area is 122 Å². The molecule has 0 aromatic heterocycles. The van der Waals surface area contributed by atoms with Crippen LogP contribution in [0.25, 0.3) is 11.1 Å². The van der Waals surface area contributed by atoms with E-state index in [1.54, 1.807) is 0 Å². The normalized spacial score (nSPS) is 11.7. The summed E-state index contributed by atoms with van der Waals surface area (Å²) in [6.07, 6.45) is -4.45. The highest BCUT2D eigenvalue weighted by Gasteiger charge is 2.33. The first-order chi connectivity index (χ1) is 8.80. The standard InChI is InChI=1S/C13H6Cl3F3/c14-10-5-7(6-11(15)12(10)16)8-3-1-2-4-9(8)13(17,18)19/h1-6H. The van der Waals surface area contributed by atoms with E-state index in [4.69, 9.17) is 34.8 Å². The molecule has 2 rings (SSSR count). The van der Waals surface area contributed by atoms with E-state index < -0.39 is 11.7 Å². The van der Waals surface area contributed by atoms with Gasteiger partial charge in [0, 0.05) is 0 Å². The van der Waals surface area contributed by atoms with E-state index in [9.17, 15) is 13.2 Å². The summed E-state index contributed by atoms with van der Waals surface area (Å²) < 4.78 is 38.8. The maximum absolute atomic E-state index is 12.9. The molecule has 0 amide bonds. The van der Waals surface area contributed by atoms with Gasteiger partial charge in [-0.05, 0) is 29.3 Å². The van der Waals surface area contributed by atoms with Crippen molar-refractivity contribution in [3.63, 3.8) is 0 Å². The molecule has 19 heavy (non-hydrogen) atoms. The van der Waals surface area contributed by atoms with Gasteiger partial charge in [-0.1, -0.05) is 53.0 Å². The highest BCUT2D eigenvalue weighted by atomic mass is 35.5. The molecule has 0 saturated carbocycles. The summed E-state index contributed by atoms with van der Waals surface area (Å²) in [6, 6.07) is 7.93. The molecular weight excluding hydrogens is 319 g/mol. The highest BCUT2D eigenvalue weighted by Crippen LogP contribution is 2.40. The highest BCUT2D eigenvalue weighted by molar-refractivity contribution is 6.48. The predicted molar refractivity (Wildman–Crippen MR) is 71.9 cm³/mol. The van der Waals surface area contributed by atoms with Gasteiger partial charge >= 0.3 is 6.18 Å². The van der Waals surface area contributed by atoms with E-state index in [1.807, 2.05) is 0 Å². The molecule has 0 bridgehead atoms. The first-order valence-electron chi connectivity index (χ1n) is 5.12. The molecule has 2 aromatic rings. The van der Waals surface area contributed by atoms with E-state index in [-0.39, 0.29) is 26.2 Å². The molecule has 0 aliphatic heterocycles. The number of halogens is 6. The fourth-order valence-corrected chi connectivity index (χ4v) is 2.29. The van der Waals surface area contributed by atoms with Crippen molar-refractivity contribution in [2.75, 3.05) is 0 Å². The Bertz CT molecular complexity index is 598. The van der Waals surface area contributed by atoms with Gasteiger partial charge in [0.05, 0.1) is 20.6 Å².